The van der Waals surface area contributed by atoms with E-state index in [9.17, 15) is 4.79 Å². The minimum absolute atomic E-state index is 0.460. The van der Waals surface area contributed by atoms with Gasteiger partial charge in [-0.1, -0.05) is 12.1 Å². The highest BCUT2D eigenvalue weighted by atomic mass is 16.4. The largest absolute Gasteiger partial charge is 0.480 e. The van der Waals surface area contributed by atoms with Gasteiger partial charge in [-0.2, -0.15) is 5.26 Å². The summed E-state index contributed by atoms with van der Waals surface area (Å²) in [6, 6.07) is 8.20. The Bertz CT molecular complexity index is 472. The van der Waals surface area contributed by atoms with Crippen molar-refractivity contribution in [2.24, 2.45) is 5.73 Å². The van der Waals surface area contributed by atoms with Crippen LogP contribution in [0.2, 0.25) is 0 Å². The van der Waals surface area contributed by atoms with Crippen molar-refractivity contribution in [3.8, 4) is 6.07 Å². The standard InChI is InChI=1S/C12H12N2O2/c13-7-8-2-1-3-9(6-8)12(4-5-12)10(14)11(15)16/h1-3,6,10H,4-5,14H2,(H,15,16). The van der Waals surface area contributed by atoms with Crippen molar-refractivity contribution in [3.63, 3.8) is 0 Å². The molecule has 3 N–H and O–H groups in total. The van der Waals surface area contributed by atoms with Gasteiger partial charge in [0.25, 0.3) is 0 Å². The first-order valence-electron chi connectivity index (χ1n) is 5.09. The zero-order valence-electron chi connectivity index (χ0n) is 8.68. The third kappa shape index (κ3) is 1.55. The molecule has 16 heavy (non-hydrogen) atoms. The van der Waals surface area contributed by atoms with Crippen LogP contribution in [-0.4, -0.2) is 17.1 Å². The molecule has 1 aromatic rings. The molecular formula is C12H12N2O2. The van der Waals surface area contributed by atoms with Gasteiger partial charge in [0, 0.05) is 5.41 Å². The van der Waals surface area contributed by atoms with Crippen LogP contribution in [0.4, 0.5) is 0 Å². The lowest BCUT2D eigenvalue weighted by Crippen LogP contribution is -2.41. The fraction of sp³-hybridized carbons (Fsp3) is 0.333. The molecule has 1 saturated carbocycles. The molecule has 1 atom stereocenters. The number of carbonyl (C=O) groups is 1. The van der Waals surface area contributed by atoms with Crippen LogP contribution >= 0.6 is 0 Å². The van der Waals surface area contributed by atoms with Gasteiger partial charge in [0.15, 0.2) is 0 Å². The van der Waals surface area contributed by atoms with Crippen LogP contribution in [-0.2, 0) is 10.2 Å². The lowest BCUT2D eigenvalue weighted by molar-refractivity contribution is -0.139. The number of benzene rings is 1. The molecule has 82 valence electrons. The quantitative estimate of drug-likeness (QED) is 0.789. The van der Waals surface area contributed by atoms with Gasteiger partial charge in [-0.25, -0.2) is 0 Å². The summed E-state index contributed by atoms with van der Waals surface area (Å²) in [4.78, 5) is 10.9. The number of carboxylic acids is 1. The number of rotatable bonds is 3. The smallest absolute Gasteiger partial charge is 0.321 e. The molecule has 1 unspecified atom stereocenters. The van der Waals surface area contributed by atoms with E-state index >= 15 is 0 Å². The summed E-state index contributed by atoms with van der Waals surface area (Å²) in [7, 11) is 0. The number of hydrogen-bond acceptors (Lipinski definition) is 3. The van der Waals surface area contributed by atoms with Gasteiger partial charge in [-0.05, 0) is 30.5 Å². The van der Waals surface area contributed by atoms with Gasteiger partial charge in [0.05, 0.1) is 11.6 Å². The molecule has 0 spiro atoms. The highest BCUT2D eigenvalue weighted by molar-refractivity contribution is 5.77. The van der Waals surface area contributed by atoms with Crippen molar-refractivity contribution >= 4 is 5.97 Å². The van der Waals surface area contributed by atoms with Crippen LogP contribution in [0.1, 0.15) is 24.0 Å². The van der Waals surface area contributed by atoms with Crippen LogP contribution in [0.25, 0.3) is 0 Å². The van der Waals surface area contributed by atoms with Gasteiger partial charge in [0.2, 0.25) is 0 Å². The Balaban J connectivity index is 2.37. The third-order valence-corrected chi connectivity index (χ3v) is 3.22. The Labute approximate surface area is 93.3 Å². The number of aliphatic carboxylic acids is 1. The minimum atomic E-state index is -0.986. The van der Waals surface area contributed by atoms with Crippen LogP contribution in [0.3, 0.4) is 0 Å². The molecule has 4 nitrogen and oxygen atoms in total. The maximum absolute atomic E-state index is 10.9. The molecular weight excluding hydrogens is 204 g/mol. The molecule has 2 rings (SSSR count). The molecule has 0 saturated heterocycles. The number of carboxylic acid groups (broad SMARTS) is 1. The Morgan fingerprint density at radius 3 is 2.75 bits per heavy atom. The normalized spacial score (nSPS) is 18.5. The van der Waals surface area contributed by atoms with Gasteiger partial charge in [-0.3, -0.25) is 4.79 Å². The Morgan fingerprint density at radius 1 is 1.56 bits per heavy atom. The van der Waals surface area contributed by atoms with E-state index in [0.29, 0.717) is 5.56 Å². The average molecular weight is 216 g/mol. The molecule has 1 aliphatic carbocycles. The van der Waals surface area contributed by atoms with Crippen LogP contribution in [0, 0.1) is 11.3 Å². The molecule has 0 aliphatic heterocycles. The molecule has 0 heterocycles. The van der Waals surface area contributed by atoms with Gasteiger partial charge >= 0.3 is 5.97 Å². The van der Waals surface area contributed by atoms with E-state index in [1.165, 1.54) is 0 Å². The van der Waals surface area contributed by atoms with E-state index in [4.69, 9.17) is 16.1 Å². The molecule has 0 aromatic heterocycles. The molecule has 0 radical (unpaired) electrons. The van der Waals surface area contributed by atoms with Gasteiger partial charge < -0.3 is 10.8 Å². The SMILES string of the molecule is N#Cc1cccc(C2(C(N)C(=O)O)CC2)c1. The van der Waals surface area contributed by atoms with Crippen molar-refractivity contribution in [1.82, 2.24) is 0 Å². The van der Waals surface area contributed by atoms with E-state index in [-0.39, 0.29) is 0 Å². The number of nitriles is 1. The first-order chi connectivity index (χ1) is 7.60. The van der Waals surface area contributed by atoms with Gasteiger partial charge in [-0.15, -0.1) is 0 Å². The fourth-order valence-corrected chi connectivity index (χ4v) is 2.05. The molecule has 0 bridgehead atoms. The summed E-state index contributed by atoms with van der Waals surface area (Å²) in [5.74, 6) is -0.986. The van der Waals surface area contributed by atoms with Gasteiger partial charge in [0.1, 0.15) is 6.04 Å². The Kier molecular flexibility index (Phi) is 2.41. The maximum Gasteiger partial charge on any atom is 0.321 e. The molecule has 1 aromatic carbocycles. The second kappa shape index (κ2) is 3.62. The predicted molar refractivity (Wildman–Crippen MR) is 57.7 cm³/mol. The summed E-state index contributed by atoms with van der Waals surface area (Å²) in [6.45, 7) is 0. The summed E-state index contributed by atoms with van der Waals surface area (Å²) in [6.07, 6.45) is 1.55. The summed E-state index contributed by atoms with van der Waals surface area (Å²) >= 11 is 0. The van der Waals surface area contributed by atoms with Crippen molar-refractivity contribution in [1.29, 1.82) is 5.26 Å². The summed E-state index contributed by atoms with van der Waals surface area (Å²) in [5.41, 5.74) is 6.64. The lowest BCUT2D eigenvalue weighted by Gasteiger charge is -2.20. The van der Waals surface area contributed by atoms with E-state index in [1.54, 1.807) is 18.2 Å². The molecule has 4 heteroatoms. The second-order valence-corrected chi connectivity index (χ2v) is 4.16. The Morgan fingerprint density at radius 2 is 2.25 bits per heavy atom. The van der Waals surface area contributed by atoms with Crippen molar-refractivity contribution in [2.75, 3.05) is 0 Å². The molecule has 1 aliphatic rings. The minimum Gasteiger partial charge on any atom is -0.480 e. The molecule has 0 amide bonds. The highest BCUT2D eigenvalue weighted by Crippen LogP contribution is 2.50. The van der Waals surface area contributed by atoms with Crippen molar-refractivity contribution < 1.29 is 9.90 Å². The maximum atomic E-state index is 10.9. The first-order valence-corrected chi connectivity index (χ1v) is 5.09. The molecule has 1 fully saturated rings. The highest BCUT2D eigenvalue weighted by Gasteiger charge is 2.52. The van der Waals surface area contributed by atoms with E-state index in [1.807, 2.05) is 12.1 Å². The lowest BCUT2D eigenvalue weighted by atomic mass is 9.88. The van der Waals surface area contributed by atoms with Crippen molar-refractivity contribution in [2.45, 2.75) is 24.3 Å². The topological polar surface area (TPSA) is 87.1 Å². The number of nitrogens with two attached hydrogens (primary N) is 1. The van der Waals surface area contributed by atoms with Crippen molar-refractivity contribution in [3.05, 3.63) is 35.4 Å². The van der Waals surface area contributed by atoms with E-state index < -0.39 is 17.4 Å². The average Bonchev–Trinajstić information content (AvgIpc) is 3.09. The third-order valence-electron chi connectivity index (χ3n) is 3.22. The summed E-state index contributed by atoms with van der Waals surface area (Å²) in [5, 5.41) is 17.8. The second-order valence-electron chi connectivity index (χ2n) is 4.16. The van der Waals surface area contributed by atoms with Crippen LogP contribution in [0.5, 0.6) is 0 Å². The zero-order chi connectivity index (χ0) is 11.8. The summed E-state index contributed by atoms with van der Waals surface area (Å²) < 4.78 is 0. The zero-order valence-corrected chi connectivity index (χ0v) is 8.68. The van der Waals surface area contributed by atoms with E-state index in [2.05, 4.69) is 0 Å². The first kappa shape index (κ1) is 10.7. The van der Waals surface area contributed by atoms with Crippen LogP contribution < -0.4 is 5.73 Å². The Hall–Kier alpha value is -1.86. The number of hydrogen-bond donors (Lipinski definition) is 2. The van der Waals surface area contributed by atoms with E-state index in [0.717, 1.165) is 18.4 Å². The predicted octanol–water partition coefficient (Wildman–Crippen LogP) is 1.00. The fourth-order valence-electron chi connectivity index (χ4n) is 2.05. The monoisotopic (exact) mass is 216 g/mol. The van der Waals surface area contributed by atoms with Crippen LogP contribution in [0.15, 0.2) is 24.3 Å². The number of nitrogens with zero attached hydrogens (tertiary/aromatic N) is 1.